The molecule has 1 aliphatic heterocycles. The molecule has 1 rings (SSSR count). The van der Waals surface area contributed by atoms with E-state index in [1.54, 1.807) is 0 Å². The first kappa shape index (κ1) is 15.8. The Morgan fingerprint density at radius 2 is 1.84 bits per heavy atom. The van der Waals surface area contributed by atoms with Crippen molar-refractivity contribution in [2.75, 3.05) is 26.2 Å². The van der Waals surface area contributed by atoms with Crippen LogP contribution in [0.2, 0.25) is 0 Å². The average molecular weight is 270 g/mol. The molecule has 3 N–H and O–H groups in total. The topological polar surface area (TPSA) is 82.2 Å². The third kappa shape index (κ3) is 3.83. The Hall–Kier alpha value is -1.30. The van der Waals surface area contributed by atoms with Gasteiger partial charge >= 0.3 is 0 Å². The van der Waals surface area contributed by atoms with E-state index in [0.29, 0.717) is 13.1 Å². The molecule has 0 saturated carbocycles. The van der Waals surface area contributed by atoms with Crippen LogP contribution in [0.25, 0.3) is 0 Å². The SMILES string of the molecule is CCC(C(N)=NO)N1CCN(C(=O)C(C)(C)C)CC1. The maximum Gasteiger partial charge on any atom is 0.228 e. The van der Waals surface area contributed by atoms with Gasteiger partial charge in [0.2, 0.25) is 5.91 Å². The van der Waals surface area contributed by atoms with E-state index in [9.17, 15) is 4.79 Å². The summed E-state index contributed by atoms with van der Waals surface area (Å²) in [6.07, 6.45) is 0.795. The van der Waals surface area contributed by atoms with Crippen molar-refractivity contribution in [3.8, 4) is 0 Å². The predicted octanol–water partition coefficient (Wildman–Crippen LogP) is 0.702. The number of carbonyl (C=O) groups excluding carboxylic acids is 1. The molecule has 6 heteroatoms. The van der Waals surface area contributed by atoms with Crippen LogP contribution in [0.15, 0.2) is 5.16 Å². The van der Waals surface area contributed by atoms with Gasteiger partial charge in [0.15, 0.2) is 5.84 Å². The number of oxime groups is 1. The van der Waals surface area contributed by atoms with Crippen molar-refractivity contribution in [3.05, 3.63) is 0 Å². The standard InChI is InChI=1S/C13H26N4O2/c1-5-10(11(14)15-19)16-6-8-17(9-7-16)12(18)13(2,3)4/h10,19H,5-9H2,1-4H3,(H2,14,15). The van der Waals surface area contributed by atoms with Crippen molar-refractivity contribution in [3.63, 3.8) is 0 Å². The normalized spacial score (nSPS) is 20.4. The van der Waals surface area contributed by atoms with Crippen LogP contribution in [-0.4, -0.2) is 59.0 Å². The van der Waals surface area contributed by atoms with Crippen molar-refractivity contribution < 1.29 is 10.0 Å². The molecular formula is C13H26N4O2. The maximum absolute atomic E-state index is 12.2. The van der Waals surface area contributed by atoms with Gasteiger partial charge in [0.05, 0.1) is 6.04 Å². The van der Waals surface area contributed by atoms with Crippen LogP contribution in [0.4, 0.5) is 0 Å². The molecule has 0 aromatic carbocycles. The first-order valence-corrected chi connectivity index (χ1v) is 6.82. The average Bonchev–Trinajstić information content (AvgIpc) is 2.38. The molecule has 0 aliphatic carbocycles. The van der Waals surface area contributed by atoms with Crippen LogP contribution in [0.3, 0.4) is 0 Å². The number of carbonyl (C=O) groups is 1. The molecule has 0 spiro atoms. The van der Waals surface area contributed by atoms with Crippen LogP contribution in [-0.2, 0) is 4.79 Å². The van der Waals surface area contributed by atoms with Gasteiger partial charge in [-0.3, -0.25) is 9.69 Å². The largest absolute Gasteiger partial charge is 0.409 e. The molecule has 1 amide bonds. The van der Waals surface area contributed by atoms with Gasteiger partial charge in [-0.2, -0.15) is 0 Å². The van der Waals surface area contributed by atoms with Crippen molar-refractivity contribution in [2.24, 2.45) is 16.3 Å². The van der Waals surface area contributed by atoms with Gasteiger partial charge in [-0.25, -0.2) is 0 Å². The maximum atomic E-state index is 12.2. The summed E-state index contributed by atoms with van der Waals surface area (Å²) in [5, 5.41) is 11.9. The molecule has 1 atom stereocenters. The second-order valence-electron chi connectivity index (χ2n) is 6.03. The molecule has 0 aromatic heterocycles. The number of nitrogens with zero attached hydrogens (tertiary/aromatic N) is 3. The van der Waals surface area contributed by atoms with E-state index in [1.807, 2.05) is 32.6 Å². The van der Waals surface area contributed by atoms with E-state index in [1.165, 1.54) is 0 Å². The summed E-state index contributed by atoms with van der Waals surface area (Å²) in [4.78, 5) is 16.2. The lowest BCUT2D eigenvalue weighted by molar-refractivity contribution is -0.141. The summed E-state index contributed by atoms with van der Waals surface area (Å²) < 4.78 is 0. The second kappa shape index (κ2) is 6.23. The summed E-state index contributed by atoms with van der Waals surface area (Å²) in [5.41, 5.74) is 5.36. The fraction of sp³-hybridized carbons (Fsp3) is 0.846. The van der Waals surface area contributed by atoms with Crippen LogP contribution < -0.4 is 5.73 Å². The molecule has 1 unspecified atom stereocenters. The number of rotatable bonds is 3. The lowest BCUT2D eigenvalue weighted by Crippen LogP contribution is -2.56. The van der Waals surface area contributed by atoms with Gasteiger partial charge in [-0.15, -0.1) is 0 Å². The van der Waals surface area contributed by atoms with E-state index in [0.717, 1.165) is 19.5 Å². The Morgan fingerprint density at radius 3 is 2.21 bits per heavy atom. The molecule has 6 nitrogen and oxygen atoms in total. The number of amides is 1. The van der Waals surface area contributed by atoms with E-state index >= 15 is 0 Å². The summed E-state index contributed by atoms with van der Waals surface area (Å²) in [6, 6.07) is -0.0445. The highest BCUT2D eigenvalue weighted by molar-refractivity contribution is 5.85. The van der Waals surface area contributed by atoms with Gasteiger partial charge in [-0.1, -0.05) is 32.9 Å². The highest BCUT2D eigenvalue weighted by Gasteiger charge is 2.32. The summed E-state index contributed by atoms with van der Waals surface area (Å²) in [5.74, 6) is 0.432. The highest BCUT2D eigenvalue weighted by Crippen LogP contribution is 2.19. The highest BCUT2D eigenvalue weighted by atomic mass is 16.4. The van der Waals surface area contributed by atoms with Crippen LogP contribution in [0.5, 0.6) is 0 Å². The Balaban J connectivity index is 2.60. The van der Waals surface area contributed by atoms with E-state index < -0.39 is 0 Å². The zero-order valence-electron chi connectivity index (χ0n) is 12.4. The summed E-state index contributed by atoms with van der Waals surface area (Å²) in [7, 11) is 0. The molecule has 1 saturated heterocycles. The molecule has 1 fully saturated rings. The van der Waals surface area contributed by atoms with Gasteiger partial charge in [0, 0.05) is 31.6 Å². The molecule has 0 radical (unpaired) electrons. The quantitative estimate of drug-likeness (QED) is 0.342. The third-order valence-electron chi connectivity index (χ3n) is 3.53. The fourth-order valence-electron chi connectivity index (χ4n) is 2.43. The first-order valence-electron chi connectivity index (χ1n) is 6.82. The molecule has 1 heterocycles. The Labute approximate surface area is 115 Å². The Bertz CT molecular complexity index is 341. The van der Waals surface area contributed by atoms with Crippen molar-refractivity contribution in [2.45, 2.75) is 40.2 Å². The molecule has 0 aromatic rings. The van der Waals surface area contributed by atoms with E-state index in [4.69, 9.17) is 10.9 Å². The third-order valence-corrected chi connectivity index (χ3v) is 3.53. The second-order valence-corrected chi connectivity index (χ2v) is 6.03. The summed E-state index contributed by atoms with van der Waals surface area (Å²) >= 11 is 0. The van der Waals surface area contributed by atoms with Crippen molar-refractivity contribution in [1.82, 2.24) is 9.80 Å². The van der Waals surface area contributed by atoms with E-state index in [-0.39, 0.29) is 23.2 Å². The lowest BCUT2D eigenvalue weighted by atomic mass is 9.94. The van der Waals surface area contributed by atoms with Gasteiger partial charge < -0.3 is 15.8 Å². The van der Waals surface area contributed by atoms with Crippen molar-refractivity contribution in [1.29, 1.82) is 0 Å². The molecule has 110 valence electrons. The summed E-state index contributed by atoms with van der Waals surface area (Å²) in [6.45, 7) is 10.7. The number of hydrogen-bond donors (Lipinski definition) is 2. The zero-order valence-corrected chi connectivity index (χ0v) is 12.4. The Kier molecular flexibility index (Phi) is 5.17. The number of nitrogens with two attached hydrogens (primary N) is 1. The first-order chi connectivity index (χ1) is 8.81. The number of amidine groups is 1. The Morgan fingerprint density at radius 1 is 1.32 bits per heavy atom. The van der Waals surface area contributed by atoms with Gasteiger partial charge in [0.25, 0.3) is 0 Å². The minimum absolute atomic E-state index is 0.0445. The van der Waals surface area contributed by atoms with E-state index in [2.05, 4.69) is 10.1 Å². The zero-order chi connectivity index (χ0) is 14.6. The molecule has 19 heavy (non-hydrogen) atoms. The van der Waals surface area contributed by atoms with Crippen LogP contribution in [0, 0.1) is 5.41 Å². The number of hydrogen-bond acceptors (Lipinski definition) is 4. The predicted molar refractivity (Wildman–Crippen MR) is 75.1 cm³/mol. The number of piperazine rings is 1. The van der Waals surface area contributed by atoms with Gasteiger partial charge in [-0.05, 0) is 6.42 Å². The molecule has 0 bridgehead atoms. The monoisotopic (exact) mass is 270 g/mol. The molecular weight excluding hydrogens is 244 g/mol. The van der Waals surface area contributed by atoms with Crippen LogP contribution in [0.1, 0.15) is 34.1 Å². The fourth-order valence-corrected chi connectivity index (χ4v) is 2.43. The minimum atomic E-state index is -0.335. The lowest BCUT2D eigenvalue weighted by Gasteiger charge is -2.40. The molecule has 1 aliphatic rings. The minimum Gasteiger partial charge on any atom is -0.409 e. The van der Waals surface area contributed by atoms with Crippen LogP contribution >= 0.6 is 0 Å². The van der Waals surface area contributed by atoms with Crippen molar-refractivity contribution >= 4 is 11.7 Å². The smallest absolute Gasteiger partial charge is 0.228 e. The van der Waals surface area contributed by atoms with Gasteiger partial charge in [0.1, 0.15) is 0 Å².